The standard InChI is InChI=1S/C8H9N3O2.2ClH/c1-13-8(12)7-10-3-5-2-9-4-6(5)11-7;;/h3,9H,2,4H2,1H3;2*1H. The van der Waals surface area contributed by atoms with Crippen molar-refractivity contribution < 1.29 is 9.53 Å². The maximum atomic E-state index is 11.0. The number of carbonyl (C=O) groups excluding carboxylic acids is 1. The van der Waals surface area contributed by atoms with Gasteiger partial charge in [0.1, 0.15) is 0 Å². The number of fused-ring (bicyclic) bond motifs is 1. The lowest BCUT2D eigenvalue weighted by Crippen LogP contribution is -2.09. The van der Waals surface area contributed by atoms with Gasteiger partial charge in [-0.15, -0.1) is 24.8 Å². The number of nitrogens with zero attached hydrogens (tertiary/aromatic N) is 2. The van der Waals surface area contributed by atoms with Crippen molar-refractivity contribution >= 4 is 30.8 Å². The fraction of sp³-hybridized carbons (Fsp3) is 0.375. The lowest BCUT2D eigenvalue weighted by atomic mass is 10.3. The van der Waals surface area contributed by atoms with Crippen molar-refractivity contribution in [3.8, 4) is 0 Å². The summed E-state index contributed by atoms with van der Waals surface area (Å²) in [7, 11) is 1.32. The molecule has 1 aliphatic rings. The molecular weight excluding hydrogens is 241 g/mol. The van der Waals surface area contributed by atoms with E-state index in [9.17, 15) is 4.79 Å². The van der Waals surface area contributed by atoms with Crippen LogP contribution in [0.5, 0.6) is 0 Å². The SMILES string of the molecule is COC(=O)c1ncc2c(n1)CNC2.Cl.Cl. The molecule has 2 rings (SSSR count). The van der Waals surface area contributed by atoms with Gasteiger partial charge in [-0.05, 0) is 0 Å². The molecule has 1 aromatic rings. The Labute approximate surface area is 99.5 Å². The van der Waals surface area contributed by atoms with Gasteiger partial charge >= 0.3 is 5.97 Å². The summed E-state index contributed by atoms with van der Waals surface area (Å²) in [4.78, 5) is 19.0. The van der Waals surface area contributed by atoms with E-state index in [0.29, 0.717) is 6.54 Å². The Kier molecular flexibility index (Phi) is 5.49. The zero-order valence-corrected chi connectivity index (χ0v) is 9.65. The molecule has 0 amide bonds. The van der Waals surface area contributed by atoms with Crippen LogP contribution >= 0.6 is 24.8 Å². The van der Waals surface area contributed by atoms with Gasteiger partial charge in [-0.3, -0.25) is 0 Å². The number of carbonyl (C=O) groups is 1. The number of nitrogens with one attached hydrogen (secondary N) is 1. The fourth-order valence-corrected chi connectivity index (χ4v) is 1.25. The molecular formula is C8H11Cl2N3O2. The third-order valence-corrected chi connectivity index (χ3v) is 1.93. The molecule has 0 aromatic carbocycles. The summed E-state index contributed by atoms with van der Waals surface area (Å²) in [5, 5.41) is 3.12. The van der Waals surface area contributed by atoms with Gasteiger partial charge in [0, 0.05) is 24.8 Å². The molecule has 0 spiro atoms. The normalized spacial score (nSPS) is 12.1. The molecule has 0 radical (unpaired) electrons. The first-order chi connectivity index (χ1) is 6.31. The van der Waals surface area contributed by atoms with Crippen molar-refractivity contribution in [3.63, 3.8) is 0 Å². The van der Waals surface area contributed by atoms with Crippen molar-refractivity contribution in [1.29, 1.82) is 0 Å². The van der Waals surface area contributed by atoms with Crippen molar-refractivity contribution in [2.45, 2.75) is 13.1 Å². The van der Waals surface area contributed by atoms with Crippen LogP contribution in [0.4, 0.5) is 0 Å². The average molecular weight is 252 g/mol. The van der Waals surface area contributed by atoms with Crippen LogP contribution in [0, 0.1) is 0 Å². The Morgan fingerprint density at radius 3 is 2.87 bits per heavy atom. The van der Waals surface area contributed by atoms with Gasteiger partial charge in [0.25, 0.3) is 0 Å². The minimum absolute atomic E-state index is 0. The molecule has 0 bridgehead atoms. The molecule has 1 N–H and O–H groups in total. The molecule has 0 atom stereocenters. The van der Waals surface area contributed by atoms with Crippen LogP contribution in [0.15, 0.2) is 6.20 Å². The average Bonchev–Trinajstić information content (AvgIpc) is 2.63. The molecule has 0 saturated carbocycles. The molecule has 0 aliphatic carbocycles. The molecule has 15 heavy (non-hydrogen) atoms. The summed E-state index contributed by atoms with van der Waals surface area (Å²) in [6.07, 6.45) is 1.66. The summed E-state index contributed by atoms with van der Waals surface area (Å²) < 4.78 is 4.51. The number of methoxy groups -OCH3 is 1. The Morgan fingerprint density at radius 1 is 1.47 bits per heavy atom. The van der Waals surface area contributed by atoms with E-state index in [1.54, 1.807) is 6.20 Å². The summed E-state index contributed by atoms with van der Waals surface area (Å²) in [5.74, 6) is -0.361. The number of hydrogen-bond donors (Lipinski definition) is 1. The lowest BCUT2D eigenvalue weighted by Gasteiger charge is -1.99. The zero-order valence-electron chi connectivity index (χ0n) is 8.02. The molecule has 7 heteroatoms. The quantitative estimate of drug-likeness (QED) is 0.746. The van der Waals surface area contributed by atoms with Gasteiger partial charge in [0.15, 0.2) is 0 Å². The van der Waals surface area contributed by atoms with Crippen molar-refractivity contribution in [2.24, 2.45) is 0 Å². The minimum atomic E-state index is -0.491. The molecule has 1 aliphatic heterocycles. The Bertz CT molecular complexity index is 360. The fourth-order valence-electron chi connectivity index (χ4n) is 1.25. The Hall–Kier alpha value is -0.910. The highest BCUT2D eigenvalue weighted by Gasteiger charge is 2.16. The topological polar surface area (TPSA) is 64.1 Å². The second-order valence-corrected chi connectivity index (χ2v) is 2.76. The summed E-state index contributed by atoms with van der Waals surface area (Å²) in [6, 6.07) is 0. The number of halogens is 2. The predicted octanol–water partition coefficient (Wildman–Crippen LogP) is 0.710. The van der Waals surface area contributed by atoms with Gasteiger partial charge in [0.05, 0.1) is 12.8 Å². The summed E-state index contributed by atoms with van der Waals surface area (Å²) in [6.45, 7) is 1.47. The molecule has 0 unspecified atom stereocenters. The van der Waals surface area contributed by atoms with Crippen LogP contribution in [-0.4, -0.2) is 23.0 Å². The van der Waals surface area contributed by atoms with Crippen LogP contribution in [0.2, 0.25) is 0 Å². The first-order valence-electron chi connectivity index (χ1n) is 3.95. The summed E-state index contributed by atoms with van der Waals surface area (Å²) >= 11 is 0. The van der Waals surface area contributed by atoms with Gasteiger partial charge in [-0.2, -0.15) is 0 Å². The van der Waals surface area contributed by atoms with Gasteiger partial charge < -0.3 is 10.1 Å². The third kappa shape index (κ3) is 2.77. The van der Waals surface area contributed by atoms with Crippen molar-refractivity contribution in [2.75, 3.05) is 7.11 Å². The van der Waals surface area contributed by atoms with E-state index in [0.717, 1.165) is 17.8 Å². The molecule has 2 heterocycles. The van der Waals surface area contributed by atoms with E-state index in [4.69, 9.17) is 0 Å². The van der Waals surface area contributed by atoms with Gasteiger partial charge in [0.2, 0.25) is 5.82 Å². The number of rotatable bonds is 1. The van der Waals surface area contributed by atoms with E-state index >= 15 is 0 Å². The van der Waals surface area contributed by atoms with Gasteiger partial charge in [-0.1, -0.05) is 0 Å². The highest BCUT2D eigenvalue weighted by molar-refractivity contribution is 5.85. The highest BCUT2D eigenvalue weighted by Crippen LogP contribution is 2.11. The third-order valence-electron chi connectivity index (χ3n) is 1.93. The monoisotopic (exact) mass is 251 g/mol. The lowest BCUT2D eigenvalue weighted by molar-refractivity contribution is 0.0586. The maximum Gasteiger partial charge on any atom is 0.376 e. The number of esters is 1. The van der Waals surface area contributed by atoms with Crippen LogP contribution in [0.3, 0.4) is 0 Å². The maximum absolute atomic E-state index is 11.0. The van der Waals surface area contributed by atoms with Crippen molar-refractivity contribution in [1.82, 2.24) is 15.3 Å². The summed E-state index contributed by atoms with van der Waals surface area (Å²) in [5.41, 5.74) is 1.93. The largest absolute Gasteiger partial charge is 0.463 e. The molecule has 1 aromatic heterocycles. The molecule has 84 valence electrons. The first-order valence-corrected chi connectivity index (χ1v) is 3.95. The van der Waals surface area contributed by atoms with E-state index in [2.05, 4.69) is 20.0 Å². The minimum Gasteiger partial charge on any atom is -0.463 e. The molecule has 5 nitrogen and oxygen atoms in total. The predicted molar refractivity (Wildman–Crippen MR) is 58.4 cm³/mol. The van der Waals surface area contributed by atoms with E-state index < -0.39 is 5.97 Å². The van der Waals surface area contributed by atoms with Gasteiger partial charge in [-0.25, -0.2) is 14.8 Å². The van der Waals surface area contributed by atoms with E-state index in [1.165, 1.54) is 7.11 Å². The smallest absolute Gasteiger partial charge is 0.376 e. The van der Waals surface area contributed by atoms with E-state index in [-0.39, 0.29) is 30.6 Å². The van der Waals surface area contributed by atoms with E-state index in [1.807, 2.05) is 0 Å². The van der Waals surface area contributed by atoms with Crippen LogP contribution in [0.25, 0.3) is 0 Å². The Balaban J connectivity index is 0.000000980. The van der Waals surface area contributed by atoms with Crippen LogP contribution in [0.1, 0.15) is 21.9 Å². The second kappa shape index (κ2) is 5.85. The number of aromatic nitrogens is 2. The van der Waals surface area contributed by atoms with Crippen LogP contribution in [-0.2, 0) is 17.8 Å². The molecule has 0 saturated heterocycles. The highest BCUT2D eigenvalue weighted by atomic mass is 35.5. The Morgan fingerprint density at radius 2 is 2.20 bits per heavy atom. The molecule has 0 fully saturated rings. The second-order valence-electron chi connectivity index (χ2n) is 2.76. The van der Waals surface area contributed by atoms with Crippen LogP contribution < -0.4 is 5.32 Å². The van der Waals surface area contributed by atoms with Crippen molar-refractivity contribution in [3.05, 3.63) is 23.3 Å². The first kappa shape index (κ1) is 14.1. The number of ether oxygens (including phenoxy) is 1. The zero-order chi connectivity index (χ0) is 9.26. The number of hydrogen-bond acceptors (Lipinski definition) is 5.